The fourth-order valence-electron chi connectivity index (χ4n) is 3.16. The number of piperidine rings is 1. The zero-order chi connectivity index (χ0) is 12.5. The van der Waals surface area contributed by atoms with Crippen LogP contribution in [0.4, 0.5) is 4.39 Å². The second-order valence-corrected chi connectivity index (χ2v) is 5.87. The van der Waals surface area contributed by atoms with Gasteiger partial charge < -0.3 is 5.32 Å². The normalized spacial score (nSPS) is 26.8. The van der Waals surface area contributed by atoms with Crippen LogP contribution in [0.5, 0.6) is 0 Å². The van der Waals surface area contributed by atoms with Gasteiger partial charge in [-0.1, -0.05) is 11.6 Å². The minimum absolute atomic E-state index is 0. The summed E-state index contributed by atoms with van der Waals surface area (Å²) in [4.78, 5) is 2.35. The Balaban J connectivity index is 0.00000133. The van der Waals surface area contributed by atoms with E-state index in [1.54, 1.807) is 12.1 Å². The maximum Gasteiger partial charge on any atom is 0.127 e. The average Bonchev–Trinajstić information content (AvgIpc) is 2.81. The molecule has 2 fully saturated rings. The first kappa shape index (κ1) is 15.0. The summed E-state index contributed by atoms with van der Waals surface area (Å²) in [7, 11) is 0. The van der Waals surface area contributed by atoms with E-state index in [0.29, 0.717) is 17.1 Å². The summed E-state index contributed by atoms with van der Waals surface area (Å²) >= 11 is 5.93. The molecule has 5 heteroatoms. The van der Waals surface area contributed by atoms with Crippen molar-refractivity contribution in [3.05, 3.63) is 34.6 Å². The molecule has 2 aliphatic rings. The zero-order valence-corrected chi connectivity index (χ0v) is 12.3. The van der Waals surface area contributed by atoms with E-state index in [0.717, 1.165) is 38.0 Å². The van der Waals surface area contributed by atoms with Crippen molar-refractivity contribution >= 4 is 24.0 Å². The Bertz CT molecular complexity index is 441. The molecule has 2 saturated heterocycles. The van der Waals surface area contributed by atoms with Gasteiger partial charge in [0.1, 0.15) is 5.82 Å². The maximum absolute atomic E-state index is 13.7. The quantitative estimate of drug-likeness (QED) is 0.904. The molecule has 106 valence electrons. The molecule has 0 aliphatic carbocycles. The number of benzene rings is 1. The Hall–Kier alpha value is -0.350. The van der Waals surface area contributed by atoms with E-state index in [-0.39, 0.29) is 18.2 Å². The molecule has 1 aromatic rings. The fraction of sp³-hybridized carbons (Fsp3) is 0.571. The van der Waals surface area contributed by atoms with E-state index in [1.807, 2.05) is 0 Å². The third kappa shape index (κ3) is 3.40. The fourth-order valence-corrected chi connectivity index (χ4v) is 3.35. The largest absolute Gasteiger partial charge is 0.316 e. The van der Waals surface area contributed by atoms with Gasteiger partial charge in [0.25, 0.3) is 0 Å². The molecule has 19 heavy (non-hydrogen) atoms. The van der Waals surface area contributed by atoms with Crippen LogP contribution in [0.3, 0.4) is 0 Å². The zero-order valence-electron chi connectivity index (χ0n) is 10.7. The summed E-state index contributed by atoms with van der Waals surface area (Å²) in [6.45, 7) is 5.08. The van der Waals surface area contributed by atoms with Gasteiger partial charge in [-0.2, -0.15) is 0 Å². The van der Waals surface area contributed by atoms with Crippen LogP contribution < -0.4 is 5.32 Å². The Labute approximate surface area is 124 Å². The number of hydrogen-bond donors (Lipinski definition) is 1. The second kappa shape index (κ2) is 6.40. The first-order valence-corrected chi connectivity index (χ1v) is 6.97. The highest BCUT2D eigenvalue weighted by Gasteiger charge is 2.32. The van der Waals surface area contributed by atoms with Crippen molar-refractivity contribution in [2.75, 3.05) is 26.2 Å². The maximum atomic E-state index is 13.7. The summed E-state index contributed by atoms with van der Waals surface area (Å²) in [5.74, 6) is 1.41. The lowest BCUT2D eigenvalue weighted by Gasteiger charge is -2.34. The molecule has 0 radical (unpaired) electrons. The first-order chi connectivity index (χ1) is 8.72. The van der Waals surface area contributed by atoms with Crippen LogP contribution in [-0.4, -0.2) is 31.1 Å². The molecule has 0 bridgehead atoms. The third-order valence-electron chi connectivity index (χ3n) is 4.19. The standard InChI is InChI=1S/C14H18ClFN2.ClH/c15-13-1-2-14(16)11(5-13)8-18-4-3-10-6-17-7-12(10)9-18;/h1-2,5,10,12,17H,3-4,6-9H2;1H. The molecule has 0 saturated carbocycles. The van der Waals surface area contributed by atoms with Crippen molar-refractivity contribution < 1.29 is 4.39 Å². The highest BCUT2D eigenvalue weighted by Crippen LogP contribution is 2.28. The Morgan fingerprint density at radius 2 is 2.11 bits per heavy atom. The molecule has 0 aromatic heterocycles. The smallest absolute Gasteiger partial charge is 0.127 e. The van der Waals surface area contributed by atoms with Gasteiger partial charge in [-0.3, -0.25) is 4.90 Å². The van der Waals surface area contributed by atoms with E-state index < -0.39 is 0 Å². The molecule has 2 atom stereocenters. The minimum Gasteiger partial charge on any atom is -0.316 e. The number of nitrogens with zero attached hydrogens (tertiary/aromatic N) is 1. The van der Waals surface area contributed by atoms with E-state index in [4.69, 9.17) is 11.6 Å². The summed E-state index contributed by atoms with van der Waals surface area (Å²) < 4.78 is 13.7. The van der Waals surface area contributed by atoms with E-state index >= 15 is 0 Å². The molecule has 2 nitrogen and oxygen atoms in total. The molecule has 3 rings (SSSR count). The van der Waals surface area contributed by atoms with Crippen molar-refractivity contribution in [2.24, 2.45) is 11.8 Å². The van der Waals surface area contributed by atoms with Crippen LogP contribution in [0.1, 0.15) is 12.0 Å². The van der Waals surface area contributed by atoms with Crippen molar-refractivity contribution in [3.63, 3.8) is 0 Å². The molecule has 2 aliphatic heterocycles. The van der Waals surface area contributed by atoms with Crippen molar-refractivity contribution in [2.45, 2.75) is 13.0 Å². The molecule has 1 aromatic carbocycles. The Morgan fingerprint density at radius 3 is 2.95 bits per heavy atom. The van der Waals surface area contributed by atoms with Crippen LogP contribution in [0.25, 0.3) is 0 Å². The Kier molecular flexibility index (Phi) is 5.07. The van der Waals surface area contributed by atoms with Gasteiger partial charge in [0.15, 0.2) is 0 Å². The number of likely N-dealkylation sites (tertiary alicyclic amines) is 1. The monoisotopic (exact) mass is 304 g/mol. The first-order valence-electron chi connectivity index (χ1n) is 6.59. The molecule has 0 amide bonds. The molecule has 2 heterocycles. The summed E-state index contributed by atoms with van der Waals surface area (Å²) in [6.07, 6.45) is 1.22. The number of hydrogen-bond acceptors (Lipinski definition) is 2. The molecule has 0 spiro atoms. The number of fused-ring (bicyclic) bond motifs is 1. The predicted octanol–water partition coefficient (Wildman–Crippen LogP) is 2.94. The van der Waals surface area contributed by atoms with Gasteiger partial charge in [0, 0.05) is 23.7 Å². The molecular weight excluding hydrogens is 286 g/mol. The highest BCUT2D eigenvalue weighted by molar-refractivity contribution is 6.30. The van der Waals surface area contributed by atoms with Gasteiger partial charge in [0.2, 0.25) is 0 Å². The minimum atomic E-state index is -0.147. The van der Waals surface area contributed by atoms with Crippen LogP contribution in [0.2, 0.25) is 5.02 Å². The topological polar surface area (TPSA) is 15.3 Å². The van der Waals surface area contributed by atoms with Gasteiger partial charge in [-0.05, 0) is 56.1 Å². The van der Waals surface area contributed by atoms with Gasteiger partial charge in [0.05, 0.1) is 0 Å². The van der Waals surface area contributed by atoms with Crippen LogP contribution in [-0.2, 0) is 6.54 Å². The SMILES string of the molecule is Cl.Fc1ccc(Cl)cc1CN1CCC2CNCC2C1. The summed E-state index contributed by atoms with van der Waals surface area (Å²) in [5, 5.41) is 4.06. The number of nitrogens with one attached hydrogen (secondary N) is 1. The average molecular weight is 305 g/mol. The van der Waals surface area contributed by atoms with Gasteiger partial charge in [-0.15, -0.1) is 12.4 Å². The van der Waals surface area contributed by atoms with Crippen molar-refractivity contribution in [1.82, 2.24) is 10.2 Å². The predicted molar refractivity (Wildman–Crippen MR) is 78.4 cm³/mol. The molecular formula is C14H19Cl2FN2. The molecule has 2 unspecified atom stereocenters. The number of halogens is 3. The summed E-state index contributed by atoms with van der Waals surface area (Å²) in [5.41, 5.74) is 0.715. The van der Waals surface area contributed by atoms with Gasteiger partial charge in [-0.25, -0.2) is 4.39 Å². The second-order valence-electron chi connectivity index (χ2n) is 5.44. The van der Waals surface area contributed by atoms with E-state index in [2.05, 4.69) is 10.2 Å². The molecule has 1 N–H and O–H groups in total. The van der Waals surface area contributed by atoms with E-state index in [9.17, 15) is 4.39 Å². The van der Waals surface area contributed by atoms with Crippen molar-refractivity contribution in [3.8, 4) is 0 Å². The Morgan fingerprint density at radius 1 is 1.32 bits per heavy atom. The lowest BCUT2D eigenvalue weighted by molar-refractivity contribution is 0.141. The lowest BCUT2D eigenvalue weighted by atomic mass is 9.88. The van der Waals surface area contributed by atoms with Crippen LogP contribution in [0.15, 0.2) is 18.2 Å². The van der Waals surface area contributed by atoms with Gasteiger partial charge >= 0.3 is 0 Å². The lowest BCUT2D eigenvalue weighted by Crippen LogP contribution is -2.39. The highest BCUT2D eigenvalue weighted by atomic mass is 35.5. The van der Waals surface area contributed by atoms with E-state index in [1.165, 1.54) is 12.5 Å². The third-order valence-corrected chi connectivity index (χ3v) is 4.43. The summed E-state index contributed by atoms with van der Waals surface area (Å²) in [6, 6.07) is 4.81. The van der Waals surface area contributed by atoms with Crippen molar-refractivity contribution in [1.29, 1.82) is 0 Å². The van der Waals surface area contributed by atoms with Crippen LogP contribution in [0, 0.1) is 17.7 Å². The van der Waals surface area contributed by atoms with Crippen LogP contribution >= 0.6 is 24.0 Å². The number of rotatable bonds is 2.